The third kappa shape index (κ3) is 1.63. The van der Waals surface area contributed by atoms with Crippen LogP contribution in [0.15, 0.2) is 6.07 Å². The van der Waals surface area contributed by atoms with Crippen LogP contribution in [-0.2, 0) is 5.41 Å². The molecule has 2 aromatic heterocycles. The first-order valence-corrected chi connectivity index (χ1v) is 5.09. The molecule has 0 radical (unpaired) electrons. The predicted molar refractivity (Wildman–Crippen MR) is 58.6 cm³/mol. The first kappa shape index (κ1) is 10.2. The fourth-order valence-electron chi connectivity index (χ4n) is 1.46. The number of hydrogen-bond donors (Lipinski definition) is 2. The minimum atomic E-state index is -0.119. The maximum atomic E-state index is 5.80. The molecule has 0 aliphatic rings. The highest BCUT2D eigenvalue weighted by atomic mass is 15.4. The summed E-state index contributed by atoms with van der Waals surface area (Å²) in [6, 6.07) is 1.89. The maximum Gasteiger partial charge on any atom is 0.168 e. The van der Waals surface area contributed by atoms with E-state index >= 15 is 0 Å². The summed E-state index contributed by atoms with van der Waals surface area (Å²) in [5.41, 5.74) is 7.78. The van der Waals surface area contributed by atoms with E-state index in [1.807, 2.05) is 13.0 Å². The minimum absolute atomic E-state index is 0.0436. The summed E-state index contributed by atoms with van der Waals surface area (Å²) in [4.78, 5) is 0. The van der Waals surface area contributed by atoms with E-state index in [1.54, 1.807) is 4.52 Å². The van der Waals surface area contributed by atoms with E-state index in [0.717, 1.165) is 17.2 Å². The fraction of sp³-hybridized carbons (Fsp3) is 0.600. The van der Waals surface area contributed by atoms with Crippen molar-refractivity contribution in [3.63, 3.8) is 0 Å². The van der Waals surface area contributed by atoms with Crippen LogP contribution in [-0.4, -0.2) is 19.8 Å². The van der Waals surface area contributed by atoms with E-state index in [1.165, 1.54) is 0 Å². The lowest BCUT2D eigenvalue weighted by molar-refractivity contribution is 0.557. The zero-order valence-corrected chi connectivity index (χ0v) is 9.57. The molecule has 1 atom stereocenters. The molecule has 1 unspecified atom stereocenters. The molecule has 0 spiro atoms. The Hall–Kier alpha value is -1.36. The van der Waals surface area contributed by atoms with E-state index < -0.39 is 0 Å². The summed E-state index contributed by atoms with van der Waals surface area (Å²) in [6.45, 7) is 8.29. The molecular formula is C10H17N5. The molecule has 2 heterocycles. The zero-order valence-electron chi connectivity index (χ0n) is 9.57. The number of rotatable bonds is 1. The average Bonchev–Trinajstić information content (AvgIpc) is 2.56. The maximum absolute atomic E-state index is 5.80. The zero-order chi connectivity index (χ0) is 11.2. The van der Waals surface area contributed by atoms with Crippen LogP contribution >= 0.6 is 0 Å². The van der Waals surface area contributed by atoms with Crippen LogP contribution in [0.4, 0.5) is 0 Å². The van der Waals surface area contributed by atoms with Gasteiger partial charge in [-0.3, -0.25) is 5.10 Å². The molecule has 0 fully saturated rings. The summed E-state index contributed by atoms with van der Waals surface area (Å²) in [7, 11) is 0. The van der Waals surface area contributed by atoms with E-state index in [-0.39, 0.29) is 11.5 Å². The van der Waals surface area contributed by atoms with Gasteiger partial charge in [0.05, 0.1) is 11.7 Å². The van der Waals surface area contributed by atoms with Gasteiger partial charge in [0.1, 0.15) is 0 Å². The average molecular weight is 207 g/mol. The molecule has 0 aromatic carbocycles. The van der Waals surface area contributed by atoms with E-state index in [9.17, 15) is 0 Å². The number of fused-ring (bicyclic) bond motifs is 1. The van der Waals surface area contributed by atoms with Gasteiger partial charge < -0.3 is 5.73 Å². The smallest absolute Gasteiger partial charge is 0.168 e. The molecule has 0 aliphatic carbocycles. The van der Waals surface area contributed by atoms with Crippen LogP contribution in [0, 0.1) is 0 Å². The van der Waals surface area contributed by atoms with Gasteiger partial charge in [0.25, 0.3) is 0 Å². The van der Waals surface area contributed by atoms with Crippen LogP contribution in [0.2, 0.25) is 0 Å². The van der Waals surface area contributed by atoms with Crippen LogP contribution in [0.1, 0.15) is 45.3 Å². The van der Waals surface area contributed by atoms with Gasteiger partial charge in [0, 0.05) is 11.5 Å². The number of aromatic amines is 1. The number of H-pyrrole nitrogens is 1. The molecule has 0 saturated heterocycles. The van der Waals surface area contributed by atoms with Crippen LogP contribution in [0.25, 0.3) is 5.65 Å². The number of nitrogens with one attached hydrogen (secondary N) is 1. The van der Waals surface area contributed by atoms with Crippen molar-refractivity contribution >= 4 is 5.65 Å². The molecule has 0 bridgehead atoms. The molecule has 5 nitrogen and oxygen atoms in total. The number of nitrogens with zero attached hydrogens (tertiary/aromatic N) is 3. The highest BCUT2D eigenvalue weighted by Crippen LogP contribution is 2.22. The molecule has 82 valence electrons. The van der Waals surface area contributed by atoms with Gasteiger partial charge in [0.2, 0.25) is 0 Å². The van der Waals surface area contributed by atoms with Crippen molar-refractivity contribution in [2.75, 3.05) is 0 Å². The normalized spacial score (nSPS) is 14.7. The van der Waals surface area contributed by atoms with Crippen molar-refractivity contribution in [2.45, 2.75) is 39.2 Å². The molecule has 2 aromatic rings. The first-order chi connectivity index (χ1) is 6.89. The second-order valence-corrected chi connectivity index (χ2v) is 4.95. The van der Waals surface area contributed by atoms with E-state index in [2.05, 4.69) is 36.1 Å². The van der Waals surface area contributed by atoms with Crippen molar-refractivity contribution in [3.05, 3.63) is 17.6 Å². The number of hydrogen-bond acceptors (Lipinski definition) is 3. The third-order valence-corrected chi connectivity index (χ3v) is 2.39. The van der Waals surface area contributed by atoms with E-state index in [4.69, 9.17) is 5.73 Å². The molecule has 2 rings (SSSR count). The van der Waals surface area contributed by atoms with Gasteiger partial charge in [0.15, 0.2) is 11.5 Å². The summed E-state index contributed by atoms with van der Waals surface area (Å²) in [6.07, 6.45) is 0. The largest absolute Gasteiger partial charge is 0.321 e. The Kier molecular flexibility index (Phi) is 2.08. The van der Waals surface area contributed by atoms with Crippen molar-refractivity contribution in [1.29, 1.82) is 0 Å². The van der Waals surface area contributed by atoms with Crippen molar-refractivity contribution < 1.29 is 0 Å². The first-order valence-electron chi connectivity index (χ1n) is 5.09. The Balaban J connectivity index is 2.57. The van der Waals surface area contributed by atoms with Gasteiger partial charge in [-0.2, -0.15) is 14.7 Å². The van der Waals surface area contributed by atoms with Crippen molar-refractivity contribution in [1.82, 2.24) is 19.8 Å². The summed E-state index contributed by atoms with van der Waals surface area (Å²) in [5, 5.41) is 11.6. The SMILES string of the molecule is CC(N)c1n[nH]c2cc(C(C)(C)C)nn12. The Morgan fingerprint density at radius 2 is 2.13 bits per heavy atom. The monoisotopic (exact) mass is 207 g/mol. The predicted octanol–water partition coefficient (Wildman–Crippen LogP) is 1.37. The van der Waals surface area contributed by atoms with Gasteiger partial charge >= 0.3 is 0 Å². The summed E-state index contributed by atoms with van der Waals surface area (Å²) >= 11 is 0. The molecule has 0 amide bonds. The number of nitrogens with two attached hydrogens (primary N) is 1. The third-order valence-electron chi connectivity index (χ3n) is 2.39. The Morgan fingerprint density at radius 1 is 1.47 bits per heavy atom. The summed E-state index contributed by atoms with van der Waals surface area (Å²) in [5.74, 6) is 0.764. The lowest BCUT2D eigenvalue weighted by atomic mass is 9.93. The van der Waals surface area contributed by atoms with Crippen LogP contribution < -0.4 is 5.73 Å². The Labute approximate surface area is 88.7 Å². The van der Waals surface area contributed by atoms with Crippen molar-refractivity contribution in [2.24, 2.45) is 5.73 Å². The van der Waals surface area contributed by atoms with E-state index in [0.29, 0.717) is 0 Å². The highest BCUT2D eigenvalue weighted by Gasteiger charge is 2.20. The lowest BCUT2D eigenvalue weighted by Crippen LogP contribution is -2.14. The van der Waals surface area contributed by atoms with Gasteiger partial charge in [-0.05, 0) is 6.92 Å². The minimum Gasteiger partial charge on any atom is -0.321 e. The molecule has 3 N–H and O–H groups in total. The molecular weight excluding hydrogens is 190 g/mol. The second-order valence-electron chi connectivity index (χ2n) is 4.95. The van der Waals surface area contributed by atoms with Crippen LogP contribution in [0.3, 0.4) is 0 Å². The molecule has 0 saturated carbocycles. The van der Waals surface area contributed by atoms with Gasteiger partial charge in [-0.25, -0.2) is 0 Å². The van der Waals surface area contributed by atoms with Crippen molar-refractivity contribution in [3.8, 4) is 0 Å². The number of aromatic nitrogens is 4. The highest BCUT2D eigenvalue weighted by molar-refractivity contribution is 5.41. The lowest BCUT2D eigenvalue weighted by Gasteiger charge is -2.13. The van der Waals surface area contributed by atoms with Gasteiger partial charge in [-0.1, -0.05) is 20.8 Å². The molecule has 0 aliphatic heterocycles. The second kappa shape index (κ2) is 3.06. The summed E-state index contributed by atoms with van der Waals surface area (Å²) < 4.78 is 1.78. The fourth-order valence-corrected chi connectivity index (χ4v) is 1.46. The topological polar surface area (TPSA) is 72.0 Å². The standard InChI is InChI=1S/C10H17N5/c1-6(11)9-13-12-8-5-7(10(2,3)4)14-15(8)9/h5-6,12H,11H2,1-4H3. The molecule has 15 heavy (non-hydrogen) atoms. The molecule has 5 heteroatoms. The quantitative estimate of drug-likeness (QED) is 0.742. The Morgan fingerprint density at radius 3 is 2.67 bits per heavy atom. The van der Waals surface area contributed by atoms with Gasteiger partial charge in [-0.15, -0.1) is 0 Å². The Bertz CT molecular complexity index is 471. The van der Waals surface area contributed by atoms with Crippen LogP contribution in [0.5, 0.6) is 0 Å².